The number of aromatic nitrogens is 3. The molecule has 1 aromatic heterocycles. The van der Waals surface area contributed by atoms with Gasteiger partial charge in [-0.2, -0.15) is 0 Å². The van der Waals surface area contributed by atoms with Crippen LogP contribution in [0.3, 0.4) is 0 Å². The Balaban J connectivity index is 2.34. The maximum atomic E-state index is 6.16. The highest BCUT2D eigenvalue weighted by molar-refractivity contribution is 6.31. The van der Waals surface area contributed by atoms with Crippen molar-refractivity contribution < 1.29 is 0 Å². The van der Waals surface area contributed by atoms with Gasteiger partial charge in [-0.15, -0.1) is 5.10 Å². The maximum absolute atomic E-state index is 6.16. The standard InChI is InChI=1S/C12H15ClN4/c1-3-14-7-10-6-9(4-5-11(10)13)12-8-15-16-17(12)2/h4-6,8,14H,3,7H2,1-2H3. The Morgan fingerprint density at radius 1 is 1.41 bits per heavy atom. The number of aryl methyl sites for hydroxylation is 1. The summed E-state index contributed by atoms with van der Waals surface area (Å²) in [5, 5.41) is 11.9. The first kappa shape index (κ1) is 12.1. The Morgan fingerprint density at radius 2 is 2.24 bits per heavy atom. The van der Waals surface area contributed by atoms with Gasteiger partial charge in [0.05, 0.1) is 11.9 Å². The van der Waals surface area contributed by atoms with Crippen molar-refractivity contribution in [2.24, 2.45) is 7.05 Å². The SMILES string of the molecule is CCNCc1cc(-c2cnnn2C)ccc1Cl. The Morgan fingerprint density at radius 3 is 2.88 bits per heavy atom. The Kier molecular flexibility index (Phi) is 3.76. The van der Waals surface area contributed by atoms with Gasteiger partial charge in [-0.05, 0) is 24.2 Å². The second-order valence-corrected chi connectivity index (χ2v) is 4.24. The quantitative estimate of drug-likeness (QED) is 0.905. The fourth-order valence-electron chi connectivity index (χ4n) is 1.68. The van der Waals surface area contributed by atoms with E-state index >= 15 is 0 Å². The van der Waals surface area contributed by atoms with Crippen molar-refractivity contribution in [2.45, 2.75) is 13.5 Å². The minimum absolute atomic E-state index is 0.772. The van der Waals surface area contributed by atoms with Crippen LogP contribution in [0.2, 0.25) is 5.02 Å². The topological polar surface area (TPSA) is 42.7 Å². The molecule has 0 fully saturated rings. The van der Waals surface area contributed by atoms with Crippen LogP contribution in [-0.4, -0.2) is 21.5 Å². The van der Waals surface area contributed by atoms with E-state index in [0.717, 1.165) is 34.9 Å². The van der Waals surface area contributed by atoms with E-state index in [1.54, 1.807) is 10.9 Å². The molecule has 0 amide bonds. The highest BCUT2D eigenvalue weighted by Crippen LogP contribution is 2.24. The molecule has 0 saturated carbocycles. The Bertz CT molecular complexity index is 507. The fraction of sp³-hybridized carbons (Fsp3) is 0.333. The second-order valence-electron chi connectivity index (χ2n) is 3.83. The number of rotatable bonds is 4. The Hall–Kier alpha value is -1.39. The number of hydrogen-bond acceptors (Lipinski definition) is 3. The molecule has 4 nitrogen and oxygen atoms in total. The molecule has 5 heteroatoms. The minimum Gasteiger partial charge on any atom is -0.313 e. The lowest BCUT2D eigenvalue weighted by Gasteiger charge is -2.08. The first-order valence-electron chi connectivity index (χ1n) is 5.56. The van der Waals surface area contributed by atoms with Crippen LogP contribution in [0.4, 0.5) is 0 Å². The van der Waals surface area contributed by atoms with Gasteiger partial charge in [-0.25, -0.2) is 4.68 Å². The third-order valence-corrected chi connectivity index (χ3v) is 2.99. The number of nitrogens with one attached hydrogen (secondary N) is 1. The molecule has 0 radical (unpaired) electrons. The monoisotopic (exact) mass is 250 g/mol. The zero-order chi connectivity index (χ0) is 12.3. The van der Waals surface area contributed by atoms with Gasteiger partial charge in [0, 0.05) is 24.2 Å². The predicted octanol–water partition coefficient (Wildman–Crippen LogP) is 2.25. The van der Waals surface area contributed by atoms with E-state index in [-0.39, 0.29) is 0 Å². The maximum Gasteiger partial charge on any atom is 0.0882 e. The number of benzene rings is 1. The molecule has 90 valence electrons. The first-order valence-corrected chi connectivity index (χ1v) is 5.94. The lowest BCUT2D eigenvalue weighted by Crippen LogP contribution is -2.12. The average molecular weight is 251 g/mol. The van der Waals surface area contributed by atoms with Crippen molar-refractivity contribution in [3.05, 3.63) is 35.0 Å². The van der Waals surface area contributed by atoms with Crippen LogP contribution in [0.25, 0.3) is 11.3 Å². The van der Waals surface area contributed by atoms with Gasteiger partial charge in [-0.3, -0.25) is 0 Å². The highest BCUT2D eigenvalue weighted by atomic mass is 35.5. The van der Waals surface area contributed by atoms with E-state index in [0.29, 0.717) is 0 Å². The van der Waals surface area contributed by atoms with Crippen LogP contribution >= 0.6 is 11.6 Å². The van der Waals surface area contributed by atoms with E-state index in [1.165, 1.54) is 0 Å². The van der Waals surface area contributed by atoms with Gasteiger partial charge >= 0.3 is 0 Å². The lowest BCUT2D eigenvalue weighted by molar-refractivity contribution is 0.718. The van der Waals surface area contributed by atoms with Crippen LogP contribution in [0.1, 0.15) is 12.5 Å². The summed E-state index contributed by atoms with van der Waals surface area (Å²) in [6, 6.07) is 5.97. The van der Waals surface area contributed by atoms with Crippen LogP contribution in [0, 0.1) is 0 Å². The zero-order valence-electron chi connectivity index (χ0n) is 9.94. The van der Waals surface area contributed by atoms with Gasteiger partial charge < -0.3 is 5.32 Å². The number of nitrogens with zero attached hydrogens (tertiary/aromatic N) is 3. The van der Waals surface area contributed by atoms with E-state index in [2.05, 4.69) is 28.6 Å². The van der Waals surface area contributed by atoms with Gasteiger partial charge in [0.1, 0.15) is 0 Å². The van der Waals surface area contributed by atoms with Crippen molar-refractivity contribution in [3.63, 3.8) is 0 Å². The minimum atomic E-state index is 0.772. The lowest BCUT2D eigenvalue weighted by atomic mass is 10.1. The van der Waals surface area contributed by atoms with E-state index in [9.17, 15) is 0 Å². The molecule has 0 saturated heterocycles. The van der Waals surface area contributed by atoms with Crippen molar-refractivity contribution in [1.29, 1.82) is 0 Å². The average Bonchev–Trinajstić information content (AvgIpc) is 2.75. The molecule has 2 aromatic rings. The normalized spacial score (nSPS) is 10.8. The van der Waals surface area contributed by atoms with Crippen LogP contribution in [0.15, 0.2) is 24.4 Å². The Labute approximate surface area is 106 Å². The summed E-state index contributed by atoms with van der Waals surface area (Å²) < 4.78 is 1.75. The summed E-state index contributed by atoms with van der Waals surface area (Å²) in [5.74, 6) is 0. The highest BCUT2D eigenvalue weighted by Gasteiger charge is 2.07. The zero-order valence-corrected chi connectivity index (χ0v) is 10.7. The third kappa shape index (κ3) is 2.65. The summed E-state index contributed by atoms with van der Waals surface area (Å²) >= 11 is 6.16. The molecule has 0 spiro atoms. The second kappa shape index (κ2) is 5.29. The van der Waals surface area contributed by atoms with E-state index < -0.39 is 0 Å². The molecule has 1 heterocycles. The summed E-state index contributed by atoms with van der Waals surface area (Å²) in [5.41, 5.74) is 3.15. The molecular formula is C12H15ClN4. The molecule has 1 aromatic carbocycles. The fourth-order valence-corrected chi connectivity index (χ4v) is 1.86. The van der Waals surface area contributed by atoms with Crippen LogP contribution < -0.4 is 5.32 Å². The van der Waals surface area contributed by atoms with Crippen molar-refractivity contribution >= 4 is 11.6 Å². The molecule has 17 heavy (non-hydrogen) atoms. The van der Waals surface area contributed by atoms with Crippen molar-refractivity contribution in [1.82, 2.24) is 20.3 Å². The van der Waals surface area contributed by atoms with Gasteiger partial charge in [0.2, 0.25) is 0 Å². The molecule has 0 aliphatic heterocycles. The van der Waals surface area contributed by atoms with Crippen molar-refractivity contribution in [2.75, 3.05) is 6.54 Å². The van der Waals surface area contributed by atoms with Crippen LogP contribution in [0.5, 0.6) is 0 Å². The molecule has 0 unspecified atom stereocenters. The first-order chi connectivity index (χ1) is 8.22. The predicted molar refractivity (Wildman–Crippen MR) is 68.8 cm³/mol. The molecular weight excluding hydrogens is 236 g/mol. The summed E-state index contributed by atoms with van der Waals surface area (Å²) in [6.45, 7) is 3.77. The van der Waals surface area contributed by atoms with E-state index in [4.69, 9.17) is 11.6 Å². The molecule has 2 rings (SSSR count). The van der Waals surface area contributed by atoms with Crippen molar-refractivity contribution in [3.8, 4) is 11.3 Å². The molecule has 0 aliphatic carbocycles. The smallest absolute Gasteiger partial charge is 0.0882 e. The molecule has 0 atom stereocenters. The van der Waals surface area contributed by atoms with Gasteiger partial charge in [-0.1, -0.05) is 29.8 Å². The largest absolute Gasteiger partial charge is 0.313 e. The molecule has 0 aliphatic rings. The number of halogens is 1. The van der Waals surface area contributed by atoms with Crippen LogP contribution in [-0.2, 0) is 13.6 Å². The number of hydrogen-bond donors (Lipinski definition) is 1. The van der Waals surface area contributed by atoms with Gasteiger partial charge in [0.25, 0.3) is 0 Å². The summed E-state index contributed by atoms with van der Waals surface area (Å²) in [7, 11) is 1.88. The summed E-state index contributed by atoms with van der Waals surface area (Å²) in [6.07, 6.45) is 1.75. The summed E-state index contributed by atoms with van der Waals surface area (Å²) in [4.78, 5) is 0. The molecule has 1 N–H and O–H groups in total. The van der Waals surface area contributed by atoms with E-state index in [1.807, 2.05) is 19.2 Å². The molecule has 0 bridgehead atoms. The third-order valence-electron chi connectivity index (χ3n) is 2.62. The van der Waals surface area contributed by atoms with Gasteiger partial charge in [0.15, 0.2) is 0 Å².